The van der Waals surface area contributed by atoms with Crippen molar-refractivity contribution in [1.29, 1.82) is 0 Å². The van der Waals surface area contributed by atoms with Gasteiger partial charge in [-0.25, -0.2) is 0 Å². The molecule has 0 aliphatic heterocycles. The average molecular weight is 600 g/mol. The molecule has 0 bridgehead atoms. The van der Waals surface area contributed by atoms with E-state index < -0.39 is 36.1 Å². The molecule has 0 aromatic heterocycles. The molecule has 1 aliphatic carbocycles. The number of unbranched alkanes of at least 4 members (excludes halogenated alkanes) is 3. The predicted octanol–water partition coefficient (Wildman–Crippen LogP) is 8.64. The van der Waals surface area contributed by atoms with Gasteiger partial charge >= 0.3 is 12.1 Å². The highest BCUT2D eigenvalue weighted by molar-refractivity contribution is 7.91. The number of aryl methyl sites for hydroxylation is 1. The van der Waals surface area contributed by atoms with Crippen LogP contribution in [0.4, 0.5) is 22.0 Å². The highest BCUT2D eigenvalue weighted by atomic mass is 32.2. The fourth-order valence-corrected chi connectivity index (χ4v) is 6.56. The summed E-state index contributed by atoms with van der Waals surface area (Å²) in [6.45, 7) is 1.60. The second-order valence-corrected chi connectivity index (χ2v) is 12.7. The molecule has 3 rings (SSSR count). The van der Waals surface area contributed by atoms with E-state index in [4.69, 9.17) is 0 Å². The van der Waals surface area contributed by atoms with Gasteiger partial charge in [0.1, 0.15) is 17.3 Å². The van der Waals surface area contributed by atoms with Gasteiger partial charge in [0.25, 0.3) is 0 Å². The highest BCUT2D eigenvalue weighted by Gasteiger charge is 2.56. The van der Waals surface area contributed by atoms with Crippen molar-refractivity contribution in [3.8, 4) is 5.75 Å². The molecule has 228 valence electrons. The summed E-state index contributed by atoms with van der Waals surface area (Å²) in [5.41, 5.74) is 6.53. The first-order chi connectivity index (χ1) is 19.5. The van der Waals surface area contributed by atoms with E-state index in [0.717, 1.165) is 57.9 Å². The van der Waals surface area contributed by atoms with Crippen LogP contribution in [-0.2, 0) is 17.6 Å². The Balaban J connectivity index is 1.38. The van der Waals surface area contributed by atoms with Crippen LogP contribution < -0.4 is 0 Å². The third-order valence-corrected chi connectivity index (χ3v) is 9.17. The van der Waals surface area contributed by atoms with E-state index in [-0.39, 0.29) is 5.75 Å². The van der Waals surface area contributed by atoms with Gasteiger partial charge in [0.05, 0.1) is 0 Å². The summed E-state index contributed by atoms with van der Waals surface area (Å²) >= 11 is -1.39. The first kappa shape index (κ1) is 33.4. The van der Waals surface area contributed by atoms with Crippen molar-refractivity contribution in [2.24, 2.45) is 0 Å². The number of alkyl halides is 5. The number of allylic oxidation sites excluding steroid dienone is 2. The summed E-state index contributed by atoms with van der Waals surface area (Å²) in [7, 11) is 1.99. The lowest BCUT2D eigenvalue weighted by atomic mass is 9.89. The Hall–Kier alpha value is -2.10. The molecule has 41 heavy (non-hydrogen) atoms. The van der Waals surface area contributed by atoms with Crippen molar-refractivity contribution in [3.63, 3.8) is 0 Å². The van der Waals surface area contributed by atoms with Gasteiger partial charge in [-0.3, -0.25) is 0 Å². The Bertz CT molecular complexity index is 1110. The van der Waals surface area contributed by atoms with E-state index in [1.165, 1.54) is 27.8 Å². The zero-order valence-corrected chi connectivity index (χ0v) is 24.6. The van der Waals surface area contributed by atoms with Crippen molar-refractivity contribution in [2.45, 2.75) is 82.7 Å². The van der Waals surface area contributed by atoms with Gasteiger partial charge in [0.15, 0.2) is 0 Å². The van der Waals surface area contributed by atoms with Crippen LogP contribution in [0.1, 0.15) is 80.9 Å². The minimum absolute atomic E-state index is 0.135. The van der Waals surface area contributed by atoms with Gasteiger partial charge < -0.3 is 14.6 Å². The Morgan fingerprint density at radius 3 is 2.27 bits per heavy atom. The van der Waals surface area contributed by atoms with E-state index >= 15 is 0 Å². The number of fused-ring (bicyclic) bond motifs is 1. The van der Waals surface area contributed by atoms with Gasteiger partial charge in [0, 0.05) is 19.4 Å². The molecule has 2 aromatic carbocycles. The Kier molecular flexibility index (Phi) is 13.0. The fourth-order valence-electron chi connectivity index (χ4n) is 5.44. The summed E-state index contributed by atoms with van der Waals surface area (Å²) in [5.74, 6) is -4.24. The Morgan fingerprint density at radius 1 is 0.854 bits per heavy atom. The average Bonchev–Trinajstić information content (AvgIpc) is 3.09. The maximum Gasteiger partial charge on any atom is 0.453 e. The highest BCUT2D eigenvalue weighted by Crippen LogP contribution is 2.40. The minimum atomic E-state index is -5.55. The molecule has 1 unspecified atom stereocenters. The van der Waals surface area contributed by atoms with Crippen molar-refractivity contribution >= 4 is 22.3 Å². The van der Waals surface area contributed by atoms with Crippen molar-refractivity contribution in [1.82, 2.24) is 4.90 Å². The fraction of sp³-hybridized carbons (Fsp3) is 0.562. The monoisotopic (exact) mass is 599 g/mol. The summed E-state index contributed by atoms with van der Waals surface area (Å²) in [6, 6.07) is 16.3. The molecule has 1 aliphatic rings. The van der Waals surface area contributed by atoms with Crippen LogP contribution in [-0.4, -0.2) is 58.3 Å². The molecular formula is C32H42F5NO2S. The molecule has 3 nitrogen and oxygen atoms in total. The molecule has 0 amide bonds. The smallest absolute Gasteiger partial charge is 0.453 e. The number of rotatable bonds is 16. The van der Waals surface area contributed by atoms with Gasteiger partial charge in [-0.05, 0) is 98.5 Å². The van der Waals surface area contributed by atoms with E-state index in [9.17, 15) is 31.6 Å². The number of halogens is 5. The van der Waals surface area contributed by atoms with Crippen LogP contribution in [0.2, 0.25) is 0 Å². The van der Waals surface area contributed by atoms with Gasteiger partial charge in [-0.1, -0.05) is 60.4 Å². The van der Waals surface area contributed by atoms with E-state index in [0.29, 0.717) is 24.5 Å². The number of phenols is 1. The van der Waals surface area contributed by atoms with Crippen LogP contribution in [0, 0.1) is 0 Å². The van der Waals surface area contributed by atoms with Gasteiger partial charge in [-0.15, -0.1) is 0 Å². The molecule has 1 atom stereocenters. The molecule has 1 N–H and O–H groups in total. The van der Waals surface area contributed by atoms with Crippen LogP contribution in [0.15, 0.2) is 48.5 Å². The summed E-state index contributed by atoms with van der Waals surface area (Å²) in [5, 5.41) is 10.0. The second kappa shape index (κ2) is 15.9. The summed E-state index contributed by atoms with van der Waals surface area (Å²) in [6.07, 6.45) is 1.63. The molecule has 0 saturated carbocycles. The number of hydrogen-bond acceptors (Lipinski definition) is 3. The molecule has 9 heteroatoms. The van der Waals surface area contributed by atoms with Gasteiger partial charge in [-0.2, -0.15) is 22.0 Å². The third-order valence-electron chi connectivity index (χ3n) is 7.68. The quantitative estimate of drug-likeness (QED) is 0.119. The number of benzene rings is 2. The number of phenolic OH excluding ortho intramolecular Hbond substituents is 1. The first-order valence-corrected chi connectivity index (χ1v) is 16.0. The van der Waals surface area contributed by atoms with E-state index in [2.05, 4.69) is 35.2 Å². The topological polar surface area (TPSA) is 46.5 Å². The number of nitrogens with zero attached hydrogens (tertiary/aromatic N) is 1. The van der Waals surface area contributed by atoms with Crippen LogP contribution in [0.5, 0.6) is 5.75 Å². The Labute approximate surface area is 244 Å². The number of hydrogen-bond donors (Lipinski definition) is 1. The standard InChI is InChI=1S/C32H42F5NO2S/c1-38(21-11-23-41(40)22-10-19-31(33,34)32(35,36)37)20-8-3-2-7-15-30-28(25-12-5-4-6-13-25)16-9-14-26-24-27(39)17-18-29(26)30/h4-6,12-13,17-18,24,39H,2-3,7-11,14-16,19-23H2,1H3. The van der Waals surface area contributed by atoms with Crippen molar-refractivity contribution < 1.29 is 31.6 Å². The third kappa shape index (κ3) is 10.6. The largest absolute Gasteiger partial charge is 0.616 e. The van der Waals surface area contributed by atoms with Gasteiger partial charge in [0.2, 0.25) is 0 Å². The molecule has 2 aromatic rings. The molecular weight excluding hydrogens is 557 g/mol. The number of aromatic hydroxyl groups is 1. The molecule has 0 fully saturated rings. The zero-order valence-electron chi connectivity index (χ0n) is 23.8. The lowest BCUT2D eigenvalue weighted by Gasteiger charge is -2.20. The maximum atomic E-state index is 13.0. The van der Waals surface area contributed by atoms with E-state index in [1.807, 2.05) is 19.2 Å². The van der Waals surface area contributed by atoms with E-state index in [1.54, 1.807) is 6.07 Å². The lowest BCUT2D eigenvalue weighted by molar-refractivity contribution is -0.284. The SMILES string of the molecule is CN(CCCCCCC1=C(c2ccccc2)CCCc2cc(O)ccc21)CCC[S+]([O-])CCCC(F)(F)C(F)(F)F. The minimum Gasteiger partial charge on any atom is -0.616 e. The van der Waals surface area contributed by atoms with Crippen LogP contribution in [0.3, 0.4) is 0 Å². The van der Waals surface area contributed by atoms with Crippen molar-refractivity contribution in [3.05, 3.63) is 65.2 Å². The van der Waals surface area contributed by atoms with Crippen LogP contribution in [0.25, 0.3) is 11.1 Å². The lowest BCUT2D eigenvalue weighted by Crippen LogP contribution is -2.36. The summed E-state index contributed by atoms with van der Waals surface area (Å²) in [4.78, 5) is 2.15. The Morgan fingerprint density at radius 2 is 1.54 bits per heavy atom. The summed E-state index contributed by atoms with van der Waals surface area (Å²) < 4.78 is 74.6. The van der Waals surface area contributed by atoms with Crippen molar-refractivity contribution in [2.75, 3.05) is 31.6 Å². The molecule has 0 radical (unpaired) electrons. The molecule has 0 spiro atoms. The van der Waals surface area contributed by atoms with Crippen LogP contribution >= 0.6 is 0 Å². The predicted molar refractivity (Wildman–Crippen MR) is 158 cm³/mol. The maximum absolute atomic E-state index is 13.0. The second-order valence-electron chi connectivity index (χ2n) is 11.0. The zero-order chi connectivity index (χ0) is 29.9. The normalized spacial score (nSPS) is 15.2. The molecule has 0 heterocycles. The first-order valence-electron chi connectivity index (χ1n) is 14.6. The molecule has 0 saturated heterocycles.